The molecule has 5 heteroatoms. The van der Waals surface area contributed by atoms with Gasteiger partial charge in [-0.25, -0.2) is 4.39 Å². The molecule has 1 aromatic rings. The summed E-state index contributed by atoms with van der Waals surface area (Å²) in [4.78, 5) is 11.8. The van der Waals surface area contributed by atoms with Crippen LogP contribution in [-0.2, 0) is 4.79 Å². The molecular weight excluding hydrogens is 311 g/mol. The van der Waals surface area contributed by atoms with E-state index in [9.17, 15) is 9.18 Å². The summed E-state index contributed by atoms with van der Waals surface area (Å²) >= 11 is 3.09. The molecule has 0 spiro atoms. The van der Waals surface area contributed by atoms with E-state index >= 15 is 0 Å². The summed E-state index contributed by atoms with van der Waals surface area (Å²) in [5.41, 5.74) is 6.13. The lowest BCUT2D eigenvalue weighted by molar-refractivity contribution is -0.116. The van der Waals surface area contributed by atoms with Crippen LogP contribution in [0.4, 0.5) is 10.1 Å². The van der Waals surface area contributed by atoms with Crippen LogP contribution in [0, 0.1) is 11.7 Å². The Hall–Kier alpha value is -0.940. The van der Waals surface area contributed by atoms with E-state index in [2.05, 4.69) is 28.2 Å². The standard InChI is InChI=1S/C14H20BrFN2O/c1-2-10(7-8-17)3-6-14(19)18-11-4-5-13(16)12(15)9-11/h4-5,9-10H,2-3,6-8,17H2,1H3,(H,18,19). The van der Waals surface area contributed by atoms with Crippen molar-refractivity contribution in [3.63, 3.8) is 0 Å². The van der Waals surface area contributed by atoms with Crippen LogP contribution in [0.2, 0.25) is 0 Å². The Labute approximate surface area is 121 Å². The molecule has 3 N–H and O–H groups in total. The third-order valence-corrected chi connectivity index (χ3v) is 3.74. The van der Waals surface area contributed by atoms with Crippen LogP contribution in [-0.4, -0.2) is 12.5 Å². The summed E-state index contributed by atoms with van der Waals surface area (Å²) in [6, 6.07) is 4.43. The molecule has 0 aliphatic rings. The Balaban J connectivity index is 2.44. The molecule has 19 heavy (non-hydrogen) atoms. The molecule has 0 aliphatic heterocycles. The molecule has 3 nitrogen and oxygen atoms in total. The molecule has 1 atom stereocenters. The number of carbonyl (C=O) groups excluding carboxylic acids is 1. The molecule has 0 fully saturated rings. The molecule has 106 valence electrons. The number of nitrogens with one attached hydrogen (secondary N) is 1. The molecule has 0 bridgehead atoms. The minimum absolute atomic E-state index is 0.0472. The van der Waals surface area contributed by atoms with Gasteiger partial charge in [-0.2, -0.15) is 0 Å². The summed E-state index contributed by atoms with van der Waals surface area (Å²) in [7, 11) is 0. The number of rotatable bonds is 7. The smallest absolute Gasteiger partial charge is 0.224 e. The van der Waals surface area contributed by atoms with E-state index in [1.807, 2.05) is 0 Å². The van der Waals surface area contributed by atoms with Crippen molar-refractivity contribution >= 4 is 27.5 Å². The predicted octanol–water partition coefficient (Wildman–Crippen LogP) is 3.68. The number of hydrogen-bond acceptors (Lipinski definition) is 2. The maximum atomic E-state index is 13.0. The van der Waals surface area contributed by atoms with Gasteiger partial charge in [0.25, 0.3) is 0 Å². The van der Waals surface area contributed by atoms with Crippen molar-refractivity contribution in [2.24, 2.45) is 11.7 Å². The monoisotopic (exact) mass is 330 g/mol. The van der Waals surface area contributed by atoms with Gasteiger partial charge in [-0.05, 0) is 59.4 Å². The Kier molecular flexibility index (Phi) is 7.02. The van der Waals surface area contributed by atoms with E-state index in [-0.39, 0.29) is 11.7 Å². The number of hydrogen-bond donors (Lipinski definition) is 2. The molecule has 0 saturated carbocycles. The number of nitrogens with two attached hydrogens (primary N) is 1. The summed E-state index contributed by atoms with van der Waals surface area (Å²) in [5.74, 6) is 0.108. The van der Waals surface area contributed by atoms with Gasteiger partial charge in [-0.1, -0.05) is 13.3 Å². The Morgan fingerprint density at radius 2 is 2.21 bits per heavy atom. The van der Waals surface area contributed by atoms with Gasteiger partial charge in [0.05, 0.1) is 4.47 Å². The lowest BCUT2D eigenvalue weighted by atomic mass is 9.96. The largest absolute Gasteiger partial charge is 0.330 e. The fourth-order valence-electron chi connectivity index (χ4n) is 1.92. The zero-order valence-electron chi connectivity index (χ0n) is 11.1. The normalized spacial score (nSPS) is 12.2. The third-order valence-electron chi connectivity index (χ3n) is 3.14. The molecule has 1 unspecified atom stereocenters. The Morgan fingerprint density at radius 1 is 1.47 bits per heavy atom. The Morgan fingerprint density at radius 3 is 2.79 bits per heavy atom. The van der Waals surface area contributed by atoms with Crippen molar-refractivity contribution in [1.82, 2.24) is 0 Å². The van der Waals surface area contributed by atoms with Gasteiger partial charge >= 0.3 is 0 Å². The maximum Gasteiger partial charge on any atom is 0.224 e. The number of carbonyl (C=O) groups is 1. The minimum Gasteiger partial charge on any atom is -0.330 e. The first-order valence-electron chi connectivity index (χ1n) is 6.51. The first-order chi connectivity index (χ1) is 9.06. The van der Waals surface area contributed by atoms with Crippen LogP contribution < -0.4 is 11.1 Å². The van der Waals surface area contributed by atoms with Crippen LogP contribution in [0.3, 0.4) is 0 Å². The van der Waals surface area contributed by atoms with E-state index < -0.39 is 0 Å². The summed E-state index contributed by atoms with van der Waals surface area (Å²) < 4.78 is 13.4. The van der Waals surface area contributed by atoms with Crippen molar-refractivity contribution < 1.29 is 9.18 Å². The van der Waals surface area contributed by atoms with Gasteiger partial charge in [0.2, 0.25) is 5.91 Å². The highest BCUT2D eigenvalue weighted by molar-refractivity contribution is 9.10. The second-order valence-corrected chi connectivity index (χ2v) is 5.42. The van der Waals surface area contributed by atoms with E-state index in [0.717, 1.165) is 19.3 Å². The average Bonchev–Trinajstić information content (AvgIpc) is 2.39. The van der Waals surface area contributed by atoms with Crippen molar-refractivity contribution in [2.45, 2.75) is 32.6 Å². The van der Waals surface area contributed by atoms with Gasteiger partial charge < -0.3 is 11.1 Å². The van der Waals surface area contributed by atoms with Gasteiger partial charge in [-0.3, -0.25) is 4.79 Å². The van der Waals surface area contributed by atoms with Crippen molar-refractivity contribution in [2.75, 3.05) is 11.9 Å². The first kappa shape index (κ1) is 16.1. The average molecular weight is 331 g/mol. The van der Waals surface area contributed by atoms with Gasteiger partial charge in [-0.15, -0.1) is 0 Å². The first-order valence-corrected chi connectivity index (χ1v) is 7.31. The third kappa shape index (κ3) is 5.70. The maximum absolute atomic E-state index is 13.0. The summed E-state index contributed by atoms with van der Waals surface area (Å²) in [6.45, 7) is 2.76. The number of amides is 1. The van der Waals surface area contributed by atoms with Crippen molar-refractivity contribution in [3.05, 3.63) is 28.5 Å². The van der Waals surface area contributed by atoms with Gasteiger partial charge in [0.1, 0.15) is 5.82 Å². The van der Waals surface area contributed by atoms with Crippen LogP contribution in [0.25, 0.3) is 0 Å². The zero-order chi connectivity index (χ0) is 14.3. The second kappa shape index (κ2) is 8.27. The van der Waals surface area contributed by atoms with Crippen LogP contribution in [0.1, 0.15) is 32.6 Å². The van der Waals surface area contributed by atoms with Gasteiger partial charge in [0, 0.05) is 12.1 Å². The van der Waals surface area contributed by atoms with E-state index in [1.165, 1.54) is 6.07 Å². The molecule has 0 radical (unpaired) electrons. The lowest BCUT2D eigenvalue weighted by Gasteiger charge is -2.13. The van der Waals surface area contributed by atoms with E-state index in [1.54, 1.807) is 12.1 Å². The fourth-order valence-corrected chi connectivity index (χ4v) is 2.30. The fraction of sp³-hybridized carbons (Fsp3) is 0.500. The molecule has 0 saturated heterocycles. The molecule has 1 rings (SSSR count). The van der Waals surface area contributed by atoms with Crippen molar-refractivity contribution in [3.8, 4) is 0 Å². The topological polar surface area (TPSA) is 55.1 Å². The molecule has 1 aromatic carbocycles. The summed E-state index contributed by atoms with van der Waals surface area (Å²) in [5, 5.41) is 2.76. The van der Waals surface area contributed by atoms with Crippen LogP contribution >= 0.6 is 15.9 Å². The highest BCUT2D eigenvalue weighted by atomic mass is 79.9. The quantitative estimate of drug-likeness (QED) is 0.801. The van der Waals surface area contributed by atoms with E-state index in [0.29, 0.717) is 29.0 Å². The SMILES string of the molecule is CCC(CCN)CCC(=O)Nc1ccc(F)c(Br)c1. The minimum atomic E-state index is -0.341. The molecule has 0 heterocycles. The zero-order valence-corrected chi connectivity index (χ0v) is 12.7. The number of anilines is 1. The summed E-state index contributed by atoms with van der Waals surface area (Å²) in [6.07, 6.45) is 3.29. The Bertz CT molecular complexity index is 426. The van der Waals surface area contributed by atoms with Crippen LogP contribution in [0.5, 0.6) is 0 Å². The highest BCUT2D eigenvalue weighted by Crippen LogP contribution is 2.21. The van der Waals surface area contributed by atoms with Crippen molar-refractivity contribution in [1.29, 1.82) is 0 Å². The number of halogens is 2. The number of benzene rings is 1. The lowest BCUT2D eigenvalue weighted by Crippen LogP contribution is -2.15. The molecular formula is C14H20BrFN2O. The molecule has 0 aliphatic carbocycles. The molecule has 0 aromatic heterocycles. The van der Waals surface area contributed by atoms with Gasteiger partial charge in [0.15, 0.2) is 0 Å². The second-order valence-electron chi connectivity index (χ2n) is 4.57. The van der Waals surface area contributed by atoms with E-state index in [4.69, 9.17) is 5.73 Å². The van der Waals surface area contributed by atoms with Crippen LogP contribution in [0.15, 0.2) is 22.7 Å². The predicted molar refractivity (Wildman–Crippen MR) is 79.4 cm³/mol. The highest BCUT2D eigenvalue weighted by Gasteiger charge is 2.10. The molecule has 1 amide bonds.